The molecule has 3 aromatic rings. The van der Waals surface area contributed by atoms with Crippen molar-refractivity contribution < 1.29 is 13.7 Å². The number of hydrogen-bond acceptors (Lipinski definition) is 5. The minimum Gasteiger partial charge on any atom is -0.422 e. The van der Waals surface area contributed by atoms with Crippen molar-refractivity contribution in [1.29, 1.82) is 0 Å². The quantitative estimate of drug-likeness (QED) is 0.391. The fourth-order valence-corrected chi connectivity index (χ4v) is 2.87. The molecule has 0 amide bonds. The van der Waals surface area contributed by atoms with Gasteiger partial charge in [0.15, 0.2) is 0 Å². The molecule has 122 valence electrons. The highest BCUT2D eigenvalue weighted by atomic mass is 16.7. The molecule has 0 spiro atoms. The molecular weight excluding hydrogens is 305 g/mol. The number of rotatable bonds is 1. The third-order valence-electron chi connectivity index (χ3n) is 5.00. The van der Waals surface area contributed by atoms with Crippen LogP contribution in [0.15, 0.2) is 45.7 Å². The first kappa shape index (κ1) is 15.4. The SMILES string of the molecule is CC1(C)OB(c2cnc3c(c2)c(=O)oc2ccccc23)OC1(C)C. The van der Waals surface area contributed by atoms with Crippen molar-refractivity contribution in [3.8, 4) is 0 Å². The van der Waals surface area contributed by atoms with Crippen LogP contribution in [0, 0.1) is 0 Å². The maximum absolute atomic E-state index is 12.3. The lowest BCUT2D eigenvalue weighted by Crippen LogP contribution is -2.41. The Morgan fingerprint density at radius 1 is 1.00 bits per heavy atom. The zero-order valence-corrected chi connectivity index (χ0v) is 14.1. The highest BCUT2D eigenvalue weighted by Crippen LogP contribution is 2.36. The van der Waals surface area contributed by atoms with Crippen molar-refractivity contribution in [2.75, 3.05) is 0 Å². The van der Waals surface area contributed by atoms with E-state index in [0.29, 0.717) is 21.9 Å². The van der Waals surface area contributed by atoms with E-state index in [2.05, 4.69) is 4.98 Å². The Balaban J connectivity index is 1.87. The molecule has 0 bridgehead atoms. The first-order valence-electron chi connectivity index (χ1n) is 7.96. The van der Waals surface area contributed by atoms with E-state index in [4.69, 9.17) is 13.7 Å². The van der Waals surface area contributed by atoms with Crippen LogP contribution in [0.25, 0.3) is 21.9 Å². The summed E-state index contributed by atoms with van der Waals surface area (Å²) < 4.78 is 17.5. The highest BCUT2D eigenvalue weighted by molar-refractivity contribution is 6.62. The summed E-state index contributed by atoms with van der Waals surface area (Å²) in [7, 11) is -0.558. The molecule has 1 aliphatic rings. The minimum atomic E-state index is -0.558. The van der Waals surface area contributed by atoms with Crippen molar-refractivity contribution in [2.24, 2.45) is 0 Å². The van der Waals surface area contributed by atoms with Gasteiger partial charge in [-0.25, -0.2) is 4.79 Å². The maximum Gasteiger partial charge on any atom is 0.496 e. The average Bonchev–Trinajstić information content (AvgIpc) is 2.75. The van der Waals surface area contributed by atoms with E-state index in [0.717, 1.165) is 5.39 Å². The fourth-order valence-electron chi connectivity index (χ4n) is 2.87. The predicted molar refractivity (Wildman–Crippen MR) is 93.5 cm³/mol. The van der Waals surface area contributed by atoms with Gasteiger partial charge in [0.05, 0.1) is 22.1 Å². The molecule has 1 aliphatic heterocycles. The van der Waals surface area contributed by atoms with Crippen LogP contribution < -0.4 is 11.1 Å². The molecule has 2 aromatic heterocycles. The van der Waals surface area contributed by atoms with Crippen LogP contribution in [0.5, 0.6) is 0 Å². The summed E-state index contributed by atoms with van der Waals surface area (Å²) in [5.41, 5.74) is 0.577. The Labute approximate surface area is 139 Å². The number of para-hydroxylation sites is 1. The summed E-state index contributed by atoms with van der Waals surface area (Å²) in [6.07, 6.45) is 1.70. The molecule has 0 aliphatic carbocycles. The van der Waals surface area contributed by atoms with Crippen molar-refractivity contribution in [3.63, 3.8) is 0 Å². The lowest BCUT2D eigenvalue weighted by molar-refractivity contribution is 0.00578. The second kappa shape index (κ2) is 4.91. The van der Waals surface area contributed by atoms with E-state index in [1.165, 1.54) is 0 Å². The summed E-state index contributed by atoms with van der Waals surface area (Å²) in [6.45, 7) is 7.96. The van der Waals surface area contributed by atoms with Gasteiger partial charge in [0.25, 0.3) is 0 Å². The van der Waals surface area contributed by atoms with Gasteiger partial charge in [-0.1, -0.05) is 12.1 Å². The number of aromatic nitrogens is 1. The fraction of sp³-hybridized carbons (Fsp3) is 0.333. The summed E-state index contributed by atoms with van der Waals surface area (Å²) >= 11 is 0. The summed E-state index contributed by atoms with van der Waals surface area (Å²) in [5, 5.41) is 1.24. The third kappa shape index (κ3) is 2.18. The van der Waals surface area contributed by atoms with Crippen LogP contribution in [-0.4, -0.2) is 23.3 Å². The number of pyridine rings is 1. The van der Waals surface area contributed by atoms with Crippen molar-refractivity contribution in [2.45, 2.75) is 38.9 Å². The molecule has 4 rings (SSSR count). The average molecular weight is 323 g/mol. The molecule has 1 aromatic carbocycles. The Kier molecular flexibility index (Phi) is 3.14. The topological polar surface area (TPSA) is 61.6 Å². The van der Waals surface area contributed by atoms with Crippen LogP contribution in [0.1, 0.15) is 27.7 Å². The first-order valence-corrected chi connectivity index (χ1v) is 7.96. The molecular formula is C18H18BNO4. The minimum absolute atomic E-state index is 0.408. The van der Waals surface area contributed by atoms with Crippen LogP contribution in [0.3, 0.4) is 0 Å². The van der Waals surface area contributed by atoms with Gasteiger partial charge in [-0.05, 0) is 45.9 Å². The van der Waals surface area contributed by atoms with Gasteiger partial charge in [0, 0.05) is 17.0 Å². The van der Waals surface area contributed by atoms with Crippen LogP contribution in [0.2, 0.25) is 0 Å². The Morgan fingerprint density at radius 3 is 2.38 bits per heavy atom. The summed E-state index contributed by atoms with van der Waals surface area (Å²) in [6, 6.07) is 9.13. The Bertz CT molecular complexity index is 993. The molecule has 0 atom stereocenters. The smallest absolute Gasteiger partial charge is 0.422 e. The second-order valence-electron chi connectivity index (χ2n) is 7.14. The zero-order chi connectivity index (χ0) is 17.1. The van der Waals surface area contributed by atoms with Gasteiger partial charge in [-0.3, -0.25) is 4.98 Å². The van der Waals surface area contributed by atoms with Crippen molar-refractivity contribution >= 4 is 34.5 Å². The Morgan fingerprint density at radius 2 is 1.67 bits per heavy atom. The largest absolute Gasteiger partial charge is 0.496 e. The van der Waals surface area contributed by atoms with E-state index in [1.807, 2.05) is 45.9 Å². The van der Waals surface area contributed by atoms with E-state index >= 15 is 0 Å². The third-order valence-corrected chi connectivity index (χ3v) is 5.00. The number of benzene rings is 1. The first-order chi connectivity index (χ1) is 11.3. The van der Waals surface area contributed by atoms with E-state index in [1.54, 1.807) is 18.3 Å². The molecule has 24 heavy (non-hydrogen) atoms. The summed E-state index contributed by atoms with van der Waals surface area (Å²) in [4.78, 5) is 16.8. The molecule has 0 N–H and O–H groups in total. The zero-order valence-electron chi connectivity index (χ0n) is 14.1. The molecule has 0 unspecified atom stereocenters. The van der Waals surface area contributed by atoms with Gasteiger partial charge in [-0.15, -0.1) is 0 Å². The molecule has 0 radical (unpaired) electrons. The van der Waals surface area contributed by atoms with E-state index in [-0.39, 0.29) is 0 Å². The van der Waals surface area contributed by atoms with E-state index < -0.39 is 23.9 Å². The molecule has 1 fully saturated rings. The Hall–Kier alpha value is -2.18. The lowest BCUT2D eigenvalue weighted by atomic mass is 9.80. The normalized spacial score (nSPS) is 19.2. The standard InChI is InChI=1S/C18H18BNO4/c1-17(2)18(3,4)24-19(23-17)11-9-13-15(20-10-11)12-7-5-6-8-14(12)22-16(13)21/h5-10H,1-4H3. The molecule has 6 heteroatoms. The van der Waals surface area contributed by atoms with Gasteiger partial charge in [-0.2, -0.15) is 0 Å². The van der Waals surface area contributed by atoms with Gasteiger partial charge < -0.3 is 13.7 Å². The molecule has 5 nitrogen and oxygen atoms in total. The number of hydrogen-bond donors (Lipinski definition) is 0. The summed E-state index contributed by atoms with van der Waals surface area (Å²) in [5.74, 6) is 0. The number of fused-ring (bicyclic) bond motifs is 3. The van der Waals surface area contributed by atoms with Gasteiger partial charge in [0.2, 0.25) is 0 Å². The molecule has 0 saturated carbocycles. The van der Waals surface area contributed by atoms with Crippen LogP contribution in [-0.2, 0) is 9.31 Å². The second-order valence-corrected chi connectivity index (χ2v) is 7.14. The van der Waals surface area contributed by atoms with Crippen molar-refractivity contribution in [1.82, 2.24) is 4.98 Å². The van der Waals surface area contributed by atoms with E-state index in [9.17, 15) is 4.79 Å². The predicted octanol–water partition coefficient (Wildman–Crippen LogP) is 2.64. The number of nitrogens with zero attached hydrogens (tertiary/aromatic N) is 1. The lowest BCUT2D eigenvalue weighted by Gasteiger charge is -2.32. The van der Waals surface area contributed by atoms with Crippen LogP contribution in [0.4, 0.5) is 0 Å². The molecule has 1 saturated heterocycles. The molecule has 3 heterocycles. The highest BCUT2D eigenvalue weighted by Gasteiger charge is 2.51. The van der Waals surface area contributed by atoms with Gasteiger partial charge in [0.1, 0.15) is 5.58 Å². The monoisotopic (exact) mass is 323 g/mol. The van der Waals surface area contributed by atoms with Crippen LogP contribution >= 0.6 is 0 Å². The van der Waals surface area contributed by atoms with Gasteiger partial charge >= 0.3 is 12.7 Å². The van der Waals surface area contributed by atoms with Crippen molar-refractivity contribution in [3.05, 3.63) is 46.9 Å². The maximum atomic E-state index is 12.3.